The van der Waals surface area contributed by atoms with Crippen LogP contribution in [0.15, 0.2) is 0 Å². The predicted molar refractivity (Wildman–Crippen MR) is 100 cm³/mol. The molecule has 7 aliphatic rings. The minimum atomic E-state index is 0.299. The molecule has 0 aromatic heterocycles. The highest BCUT2D eigenvalue weighted by atomic mass is 16.6. The van der Waals surface area contributed by atoms with E-state index in [1.165, 1.54) is 38.5 Å². The van der Waals surface area contributed by atoms with Gasteiger partial charge in [-0.25, -0.2) is 0 Å². The normalized spacial score (nSPS) is 50.1. The van der Waals surface area contributed by atoms with E-state index in [9.17, 15) is 0 Å². The summed E-state index contributed by atoms with van der Waals surface area (Å²) < 4.78 is 34.6. The van der Waals surface area contributed by atoms with Gasteiger partial charge in [-0.1, -0.05) is 0 Å². The third-order valence-electron chi connectivity index (χ3n) is 7.76. The number of ether oxygens (including phenoxy) is 6. The van der Waals surface area contributed by atoms with E-state index < -0.39 is 0 Å². The SMILES string of the molecule is C(OCC12CC3CC(COCC4CO4)(C1)CC(COCC1CO1)(C3)C2)C1CO1. The van der Waals surface area contributed by atoms with Crippen molar-refractivity contribution in [3.8, 4) is 0 Å². The Morgan fingerprint density at radius 2 is 0.893 bits per heavy atom. The molecule has 3 aliphatic heterocycles. The maximum Gasteiger partial charge on any atom is 0.104 e. The Morgan fingerprint density at radius 3 is 1.18 bits per heavy atom. The van der Waals surface area contributed by atoms with Crippen LogP contribution in [0.1, 0.15) is 38.5 Å². The summed E-state index contributed by atoms with van der Waals surface area (Å²) in [5.41, 5.74) is 0.896. The highest BCUT2D eigenvalue weighted by Crippen LogP contribution is 2.70. The summed E-state index contributed by atoms with van der Waals surface area (Å²) in [5, 5.41) is 0. The van der Waals surface area contributed by atoms with Gasteiger partial charge in [-0.15, -0.1) is 0 Å². The molecule has 3 atom stereocenters. The van der Waals surface area contributed by atoms with E-state index in [4.69, 9.17) is 28.4 Å². The molecule has 0 amide bonds. The predicted octanol–water partition coefficient (Wildman–Crippen LogP) is 2.19. The first-order valence-electron chi connectivity index (χ1n) is 11.2. The van der Waals surface area contributed by atoms with Crippen molar-refractivity contribution in [1.82, 2.24) is 0 Å². The molecule has 4 saturated carbocycles. The Bertz CT molecular complexity index is 495. The van der Waals surface area contributed by atoms with Crippen LogP contribution in [0.4, 0.5) is 0 Å². The van der Waals surface area contributed by atoms with Gasteiger partial charge in [-0.05, 0) is 60.7 Å². The zero-order chi connectivity index (χ0) is 18.7. The summed E-state index contributed by atoms with van der Waals surface area (Å²) in [6.45, 7) is 7.54. The van der Waals surface area contributed by atoms with Gasteiger partial charge in [0.25, 0.3) is 0 Å². The first kappa shape index (κ1) is 18.5. The summed E-state index contributed by atoms with van der Waals surface area (Å²) in [6.07, 6.45) is 8.75. The number of hydrogen-bond acceptors (Lipinski definition) is 6. The molecule has 0 aromatic rings. The maximum absolute atomic E-state index is 6.19. The van der Waals surface area contributed by atoms with Gasteiger partial charge in [-0.2, -0.15) is 0 Å². The molecule has 0 radical (unpaired) electrons. The van der Waals surface area contributed by atoms with Crippen LogP contribution in [-0.2, 0) is 28.4 Å². The Morgan fingerprint density at radius 1 is 0.571 bits per heavy atom. The van der Waals surface area contributed by atoms with Crippen molar-refractivity contribution in [3.05, 3.63) is 0 Å². The van der Waals surface area contributed by atoms with Gasteiger partial charge in [0.1, 0.15) is 18.3 Å². The summed E-state index contributed by atoms with van der Waals surface area (Å²) in [7, 11) is 0. The molecular formula is C22H34O6. The fourth-order valence-electron chi connectivity index (χ4n) is 7.26. The molecule has 0 N–H and O–H groups in total. The van der Waals surface area contributed by atoms with Gasteiger partial charge in [0, 0.05) is 0 Å². The van der Waals surface area contributed by atoms with Gasteiger partial charge < -0.3 is 28.4 Å². The lowest BCUT2D eigenvalue weighted by atomic mass is 9.40. The second-order valence-electron chi connectivity index (χ2n) is 10.9. The third-order valence-corrected chi connectivity index (χ3v) is 7.76. The molecule has 3 unspecified atom stereocenters. The smallest absolute Gasteiger partial charge is 0.104 e. The largest absolute Gasteiger partial charge is 0.378 e. The number of rotatable bonds is 12. The van der Waals surface area contributed by atoms with E-state index in [0.29, 0.717) is 34.6 Å². The quantitative estimate of drug-likeness (QED) is 0.473. The number of hydrogen-bond donors (Lipinski definition) is 0. The summed E-state index contributed by atoms with van der Waals surface area (Å²) >= 11 is 0. The lowest BCUT2D eigenvalue weighted by Gasteiger charge is -2.66. The second-order valence-corrected chi connectivity index (χ2v) is 10.9. The molecule has 0 spiro atoms. The lowest BCUT2D eigenvalue weighted by molar-refractivity contribution is -0.211. The Balaban J connectivity index is 1.15. The van der Waals surface area contributed by atoms with Crippen LogP contribution in [-0.4, -0.2) is 77.8 Å². The van der Waals surface area contributed by atoms with Crippen molar-refractivity contribution in [2.75, 3.05) is 59.5 Å². The van der Waals surface area contributed by atoms with Crippen LogP contribution < -0.4 is 0 Å². The van der Waals surface area contributed by atoms with Gasteiger partial charge in [0.15, 0.2) is 0 Å². The molecular weight excluding hydrogens is 360 g/mol. The zero-order valence-corrected chi connectivity index (χ0v) is 16.9. The second kappa shape index (κ2) is 6.89. The molecule has 7 fully saturated rings. The Labute approximate surface area is 167 Å². The van der Waals surface area contributed by atoms with E-state index in [1.807, 2.05) is 0 Å². The Kier molecular flexibility index (Phi) is 4.56. The van der Waals surface area contributed by atoms with Gasteiger partial charge in [0.05, 0.1) is 59.5 Å². The molecule has 3 heterocycles. The first-order chi connectivity index (χ1) is 13.6. The minimum absolute atomic E-state index is 0.299. The van der Waals surface area contributed by atoms with Crippen molar-refractivity contribution in [3.63, 3.8) is 0 Å². The van der Waals surface area contributed by atoms with Crippen LogP contribution in [0.3, 0.4) is 0 Å². The molecule has 28 heavy (non-hydrogen) atoms. The monoisotopic (exact) mass is 394 g/mol. The van der Waals surface area contributed by atoms with Crippen molar-refractivity contribution >= 4 is 0 Å². The van der Waals surface area contributed by atoms with Gasteiger partial charge in [-0.3, -0.25) is 0 Å². The van der Waals surface area contributed by atoms with E-state index in [2.05, 4.69) is 0 Å². The van der Waals surface area contributed by atoms with Crippen LogP contribution in [0, 0.1) is 22.2 Å². The highest BCUT2D eigenvalue weighted by Gasteiger charge is 2.63. The topological polar surface area (TPSA) is 65.3 Å². The molecule has 7 rings (SSSR count). The van der Waals surface area contributed by atoms with Gasteiger partial charge in [0.2, 0.25) is 0 Å². The van der Waals surface area contributed by atoms with E-state index in [-0.39, 0.29) is 0 Å². The van der Waals surface area contributed by atoms with Crippen LogP contribution >= 0.6 is 0 Å². The average molecular weight is 395 g/mol. The fourth-order valence-corrected chi connectivity index (χ4v) is 7.26. The molecule has 3 saturated heterocycles. The molecule has 6 nitrogen and oxygen atoms in total. The summed E-state index contributed by atoms with van der Waals surface area (Å²) in [5.74, 6) is 0.790. The van der Waals surface area contributed by atoms with Crippen molar-refractivity contribution in [2.24, 2.45) is 22.2 Å². The molecule has 0 aromatic carbocycles. The molecule has 4 aliphatic carbocycles. The molecule has 158 valence electrons. The van der Waals surface area contributed by atoms with Gasteiger partial charge >= 0.3 is 0 Å². The van der Waals surface area contributed by atoms with Crippen molar-refractivity contribution < 1.29 is 28.4 Å². The molecule has 6 heteroatoms. The maximum atomic E-state index is 6.19. The Hall–Kier alpha value is -0.240. The van der Waals surface area contributed by atoms with Crippen LogP contribution in [0.25, 0.3) is 0 Å². The zero-order valence-electron chi connectivity index (χ0n) is 16.9. The highest BCUT2D eigenvalue weighted by molar-refractivity contribution is 5.13. The minimum Gasteiger partial charge on any atom is -0.378 e. The fraction of sp³-hybridized carbons (Fsp3) is 1.00. The van der Waals surface area contributed by atoms with E-state index in [1.54, 1.807) is 0 Å². The summed E-state index contributed by atoms with van der Waals surface area (Å²) in [6, 6.07) is 0. The lowest BCUT2D eigenvalue weighted by Crippen LogP contribution is -2.60. The first-order valence-corrected chi connectivity index (χ1v) is 11.2. The van der Waals surface area contributed by atoms with Crippen LogP contribution in [0.2, 0.25) is 0 Å². The third kappa shape index (κ3) is 4.01. The number of epoxide rings is 3. The van der Waals surface area contributed by atoms with E-state index >= 15 is 0 Å². The van der Waals surface area contributed by atoms with Crippen LogP contribution in [0.5, 0.6) is 0 Å². The van der Waals surface area contributed by atoms with Crippen molar-refractivity contribution in [2.45, 2.75) is 56.8 Å². The van der Waals surface area contributed by atoms with E-state index in [0.717, 1.165) is 65.4 Å². The molecule has 4 bridgehead atoms. The standard InChI is InChI=1S/C22H34O6/c1-16-2-21(14-24-5-18-8-27-18)10-20(1,13-23-4-17-7-26-17)11-22(3-16,12-21)15-25-6-19-9-28-19/h16-19H,1-15H2. The summed E-state index contributed by atoms with van der Waals surface area (Å²) in [4.78, 5) is 0. The van der Waals surface area contributed by atoms with Crippen molar-refractivity contribution in [1.29, 1.82) is 0 Å². The average Bonchev–Trinajstić information content (AvgIpc) is 3.48.